The minimum Gasteiger partial charge on any atom is -0.347 e. The minimum atomic E-state index is -4.33. The number of aromatic nitrogens is 3. The molecule has 0 bridgehead atoms. The second-order valence-electron chi connectivity index (χ2n) is 3.88. The highest BCUT2D eigenvalue weighted by molar-refractivity contribution is 7.15. The summed E-state index contributed by atoms with van der Waals surface area (Å²) in [5, 5.41) is 4.34. The van der Waals surface area contributed by atoms with E-state index in [1.54, 1.807) is 29.9 Å². The van der Waals surface area contributed by atoms with Gasteiger partial charge in [0.1, 0.15) is 4.88 Å². The van der Waals surface area contributed by atoms with Crippen molar-refractivity contribution in [1.82, 2.24) is 14.8 Å². The third-order valence-electron chi connectivity index (χ3n) is 2.28. The van der Waals surface area contributed by atoms with E-state index in [9.17, 15) is 13.2 Å². The van der Waals surface area contributed by atoms with Crippen molar-refractivity contribution in [3.05, 3.63) is 29.0 Å². The normalized spacial score (nSPS) is 11.8. The lowest BCUT2D eigenvalue weighted by molar-refractivity contribution is -0.134. The molecule has 2 heterocycles. The van der Waals surface area contributed by atoms with E-state index in [0.717, 1.165) is 11.8 Å². The molecule has 18 heavy (non-hydrogen) atoms. The standard InChI is InChI=1S/C10H11F3N4S/c1-16(5-7-3-15-17(2)6-7)9-14-4-8(18-9)10(11,12)13/h3-4,6H,5H2,1-2H3. The molecule has 0 fully saturated rings. The number of hydrogen-bond donors (Lipinski definition) is 0. The van der Waals surface area contributed by atoms with Crippen molar-refractivity contribution in [2.45, 2.75) is 12.7 Å². The fourth-order valence-electron chi connectivity index (χ4n) is 1.47. The lowest BCUT2D eigenvalue weighted by Gasteiger charge is -2.14. The van der Waals surface area contributed by atoms with E-state index in [0.29, 0.717) is 23.0 Å². The van der Waals surface area contributed by atoms with Gasteiger partial charge in [-0.25, -0.2) is 4.98 Å². The molecule has 0 aliphatic heterocycles. The molecule has 8 heteroatoms. The first-order valence-corrected chi connectivity index (χ1v) is 5.89. The molecule has 0 unspecified atom stereocenters. The summed E-state index contributed by atoms with van der Waals surface area (Å²) in [5.41, 5.74) is 0.920. The van der Waals surface area contributed by atoms with Gasteiger partial charge in [0.05, 0.1) is 12.4 Å². The second kappa shape index (κ2) is 4.60. The van der Waals surface area contributed by atoms with Gasteiger partial charge in [0.15, 0.2) is 5.13 Å². The molecule has 0 saturated carbocycles. The number of thiazole rings is 1. The van der Waals surface area contributed by atoms with Gasteiger partial charge in [0.2, 0.25) is 0 Å². The van der Waals surface area contributed by atoms with Crippen LogP contribution in [-0.4, -0.2) is 21.8 Å². The van der Waals surface area contributed by atoms with Crippen molar-refractivity contribution >= 4 is 16.5 Å². The number of aryl methyl sites for hydroxylation is 1. The first-order chi connectivity index (χ1) is 8.36. The van der Waals surface area contributed by atoms with E-state index >= 15 is 0 Å². The molecule has 2 aromatic rings. The van der Waals surface area contributed by atoms with Crippen LogP contribution in [0.25, 0.3) is 0 Å². The summed E-state index contributed by atoms with van der Waals surface area (Å²) in [7, 11) is 3.49. The van der Waals surface area contributed by atoms with Crippen LogP contribution < -0.4 is 4.90 Å². The van der Waals surface area contributed by atoms with E-state index in [2.05, 4.69) is 10.1 Å². The molecule has 4 nitrogen and oxygen atoms in total. The third-order valence-corrected chi connectivity index (χ3v) is 3.43. The largest absolute Gasteiger partial charge is 0.427 e. The lowest BCUT2D eigenvalue weighted by atomic mass is 10.3. The van der Waals surface area contributed by atoms with Crippen molar-refractivity contribution in [1.29, 1.82) is 0 Å². The Morgan fingerprint density at radius 2 is 2.11 bits per heavy atom. The smallest absolute Gasteiger partial charge is 0.347 e. The molecule has 2 aromatic heterocycles. The summed E-state index contributed by atoms with van der Waals surface area (Å²) in [6.45, 7) is 0.471. The van der Waals surface area contributed by atoms with E-state index in [1.807, 2.05) is 6.20 Å². The third kappa shape index (κ3) is 2.81. The molecular weight excluding hydrogens is 265 g/mol. The molecule has 2 rings (SSSR count). The summed E-state index contributed by atoms with van der Waals surface area (Å²) in [6, 6.07) is 0. The summed E-state index contributed by atoms with van der Waals surface area (Å²) >= 11 is 0.637. The number of rotatable bonds is 3. The topological polar surface area (TPSA) is 34.0 Å². The van der Waals surface area contributed by atoms with Crippen LogP contribution in [0.5, 0.6) is 0 Å². The van der Waals surface area contributed by atoms with Crippen LogP contribution in [-0.2, 0) is 19.8 Å². The van der Waals surface area contributed by atoms with Gasteiger partial charge in [-0.05, 0) is 0 Å². The van der Waals surface area contributed by atoms with Crippen molar-refractivity contribution < 1.29 is 13.2 Å². The average molecular weight is 276 g/mol. The van der Waals surface area contributed by atoms with E-state index < -0.39 is 11.1 Å². The zero-order chi connectivity index (χ0) is 13.3. The predicted octanol–water partition coefficient (Wildman–Crippen LogP) is 2.53. The zero-order valence-corrected chi connectivity index (χ0v) is 10.6. The number of anilines is 1. The quantitative estimate of drug-likeness (QED) is 0.864. The Labute approximate surface area is 106 Å². The summed E-state index contributed by atoms with van der Waals surface area (Å²) in [4.78, 5) is 4.76. The summed E-state index contributed by atoms with van der Waals surface area (Å²) in [5.74, 6) is 0. The number of halogens is 3. The van der Waals surface area contributed by atoms with Crippen LogP contribution in [0.4, 0.5) is 18.3 Å². The first kappa shape index (κ1) is 12.9. The number of nitrogens with zero attached hydrogens (tertiary/aromatic N) is 4. The second-order valence-corrected chi connectivity index (χ2v) is 4.89. The van der Waals surface area contributed by atoms with Crippen molar-refractivity contribution in [2.75, 3.05) is 11.9 Å². The van der Waals surface area contributed by atoms with Crippen LogP contribution in [0, 0.1) is 0 Å². The average Bonchev–Trinajstić information content (AvgIpc) is 2.85. The maximum atomic E-state index is 12.4. The van der Waals surface area contributed by atoms with Crippen LogP contribution in [0.3, 0.4) is 0 Å². The van der Waals surface area contributed by atoms with Crippen molar-refractivity contribution in [3.8, 4) is 0 Å². The zero-order valence-electron chi connectivity index (χ0n) is 9.77. The van der Waals surface area contributed by atoms with E-state index in [1.165, 1.54) is 0 Å². The highest BCUT2D eigenvalue weighted by atomic mass is 32.1. The van der Waals surface area contributed by atoms with Gasteiger partial charge in [-0.2, -0.15) is 18.3 Å². The first-order valence-electron chi connectivity index (χ1n) is 5.08. The molecule has 0 radical (unpaired) electrons. The maximum absolute atomic E-state index is 12.4. The van der Waals surface area contributed by atoms with Crippen molar-refractivity contribution in [2.24, 2.45) is 7.05 Å². The maximum Gasteiger partial charge on any atom is 0.427 e. The van der Waals surface area contributed by atoms with Gasteiger partial charge in [-0.3, -0.25) is 4.68 Å². The fourth-order valence-corrected chi connectivity index (χ4v) is 2.21. The highest BCUT2D eigenvalue weighted by Crippen LogP contribution is 2.36. The Bertz CT molecular complexity index is 531. The molecule has 0 aromatic carbocycles. The lowest BCUT2D eigenvalue weighted by Crippen LogP contribution is -2.15. The molecule has 0 saturated heterocycles. The Morgan fingerprint density at radius 1 is 1.39 bits per heavy atom. The highest BCUT2D eigenvalue weighted by Gasteiger charge is 2.33. The molecule has 98 valence electrons. The molecule has 0 atom stereocenters. The van der Waals surface area contributed by atoms with Gasteiger partial charge in [-0.15, -0.1) is 0 Å². The minimum absolute atomic E-state index is 0.339. The van der Waals surface area contributed by atoms with Gasteiger partial charge < -0.3 is 4.90 Å². The van der Waals surface area contributed by atoms with E-state index in [4.69, 9.17) is 0 Å². The van der Waals surface area contributed by atoms with Gasteiger partial charge >= 0.3 is 6.18 Å². The molecule has 0 aliphatic rings. The Morgan fingerprint density at radius 3 is 2.61 bits per heavy atom. The Kier molecular flexibility index (Phi) is 3.29. The summed E-state index contributed by atoms with van der Waals surface area (Å²) in [6.07, 6.45) is 0.0222. The molecule has 0 N–H and O–H groups in total. The summed E-state index contributed by atoms with van der Waals surface area (Å²) < 4.78 is 38.9. The predicted molar refractivity (Wildman–Crippen MR) is 62.4 cm³/mol. The van der Waals surface area contributed by atoms with Gasteiger partial charge in [0, 0.05) is 32.4 Å². The fraction of sp³-hybridized carbons (Fsp3) is 0.400. The molecule has 0 aliphatic carbocycles. The Hall–Kier alpha value is -1.57. The number of alkyl halides is 3. The van der Waals surface area contributed by atoms with Crippen LogP contribution in [0.2, 0.25) is 0 Å². The van der Waals surface area contributed by atoms with E-state index in [-0.39, 0.29) is 0 Å². The number of hydrogen-bond acceptors (Lipinski definition) is 4. The monoisotopic (exact) mass is 276 g/mol. The SMILES string of the molecule is CN(Cc1cnn(C)c1)c1ncc(C(F)(F)F)s1. The molecule has 0 amide bonds. The Balaban J connectivity index is 2.09. The van der Waals surface area contributed by atoms with Crippen LogP contribution in [0.15, 0.2) is 18.6 Å². The van der Waals surface area contributed by atoms with Crippen LogP contribution in [0.1, 0.15) is 10.4 Å². The van der Waals surface area contributed by atoms with Gasteiger partial charge in [0.25, 0.3) is 0 Å². The molecular formula is C10H11F3N4S. The van der Waals surface area contributed by atoms with Gasteiger partial charge in [-0.1, -0.05) is 11.3 Å². The van der Waals surface area contributed by atoms with Crippen LogP contribution >= 0.6 is 11.3 Å². The van der Waals surface area contributed by atoms with Crippen molar-refractivity contribution in [3.63, 3.8) is 0 Å². The molecule has 0 spiro atoms.